The van der Waals surface area contributed by atoms with Crippen molar-refractivity contribution in [3.05, 3.63) is 34.9 Å². The molecule has 27 heavy (non-hydrogen) atoms. The van der Waals surface area contributed by atoms with Gasteiger partial charge < -0.3 is 16.0 Å². The maximum absolute atomic E-state index is 13.1. The molecule has 4 N–H and O–H groups in total. The summed E-state index contributed by atoms with van der Waals surface area (Å²) in [6.07, 6.45) is 4.95. The first-order valence-corrected chi connectivity index (χ1v) is 9.77. The number of carbonyl (C=O) groups excluding carboxylic acids is 3. The van der Waals surface area contributed by atoms with Crippen molar-refractivity contribution in [2.24, 2.45) is 5.73 Å². The largest absolute Gasteiger partial charge is 0.328 e. The predicted octanol–water partition coefficient (Wildman–Crippen LogP) is 0.807. The molecule has 3 amide bonds. The molecule has 1 aromatic rings. The van der Waals surface area contributed by atoms with E-state index < -0.39 is 6.04 Å². The van der Waals surface area contributed by atoms with Crippen molar-refractivity contribution in [3.8, 4) is 0 Å². The Bertz CT molecular complexity index is 778. The molecular formula is C20H26N4O3. The van der Waals surface area contributed by atoms with E-state index in [9.17, 15) is 14.4 Å². The first-order valence-electron chi connectivity index (χ1n) is 9.77. The third-order valence-electron chi connectivity index (χ3n) is 5.93. The summed E-state index contributed by atoms with van der Waals surface area (Å²) in [5.41, 5.74) is 8.68. The highest BCUT2D eigenvalue weighted by Gasteiger charge is 2.39. The third kappa shape index (κ3) is 3.61. The Kier molecular flexibility index (Phi) is 4.97. The number of imide groups is 1. The molecule has 1 saturated carbocycles. The van der Waals surface area contributed by atoms with Crippen LogP contribution in [-0.4, -0.2) is 40.7 Å². The molecule has 1 aromatic carbocycles. The molecular weight excluding hydrogens is 344 g/mol. The SMILES string of the molecule is N[C@@H]1CCC[C@@H](NCc2cccc3c2C(=O)N(C2CCC(=O)NC2=O)C3)C1. The first-order chi connectivity index (χ1) is 13.0. The molecule has 3 aliphatic rings. The Morgan fingerprint density at radius 2 is 2.04 bits per heavy atom. The Hall–Kier alpha value is -2.25. The van der Waals surface area contributed by atoms with Crippen molar-refractivity contribution in [1.29, 1.82) is 0 Å². The van der Waals surface area contributed by atoms with Gasteiger partial charge in [-0.25, -0.2) is 0 Å². The van der Waals surface area contributed by atoms with Crippen LogP contribution in [-0.2, 0) is 22.7 Å². The Morgan fingerprint density at radius 3 is 2.81 bits per heavy atom. The molecule has 2 heterocycles. The number of nitrogens with zero attached hydrogens (tertiary/aromatic N) is 1. The number of nitrogens with two attached hydrogens (primary N) is 1. The minimum atomic E-state index is -0.570. The first kappa shape index (κ1) is 18.1. The van der Waals surface area contributed by atoms with Gasteiger partial charge >= 0.3 is 0 Å². The van der Waals surface area contributed by atoms with Crippen molar-refractivity contribution in [2.45, 2.75) is 69.7 Å². The van der Waals surface area contributed by atoms with Crippen LogP contribution in [0.3, 0.4) is 0 Å². The van der Waals surface area contributed by atoms with E-state index in [-0.39, 0.29) is 30.2 Å². The number of hydrogen-bond acceptors (Lipinski definition) is 5. The highest BCUT2D eigenvalue weighted by Crippen LogP contribution is 2.30. The number of carbonyl (C=O) groups is 3. The van der Waals surface area contributed by atoms with E-state index in [0.29, 0.717) is 31.1 Å². The van der Waals surface area contributed by atoms with E-state index in [1.807, 2.05) is 18.2 Å². The van der Waals surface area contributed by atoms with Gasteiger partial charge in [0.15, 0.2) is 0 Å². The maximum Gasteiger partial charge on any atom is 0.255 e. The van der Waals surface area contributed by atoms with Gasteiger partial charge in [0.1, 0.15) is 6.04 Å². The summed E-state index contributed by atoms with van der Waals surface area (Å²) in [5, 5.41) is 5.90. The summed E-state index contributed by atoms with van der Waals surface area (Å²) in [7, 11) is 0. The van der Waals surface area contributed by atoms with Crippen LogP contribution in [0.4, 0.5) is 0 Å². The van der Waals surface area contributed by atoms with E-state index in [0.717, 1.165) is 36.8 Å². The van der Waals surface area contributed by atoms with Crippen molar-refractivity contribution in [2.75, 3.05) is 0 Å². The van der Waals surface area contributed by atoms with Gasteiger partial charge in [0, 0.05) is 37.2 Å². The molecule has 1 unspecified atom stereocenters. The minimum Gasteiger partial charge on any atom is -0.328 e. The molecule has 144 valence electrons. The number of piperidine rings is 1. The fourth-order valence-electron chi connectivity index (χ4n) is 4.50. The van der Waals surface area contributed by atoms with Crippen LogP contribution in [0.2, 0.25) is 0 Å². The highest BCUT2D eigenvalue weighted by molar-refractivity contribution is 6.05. The van der Waals surface area contributed by atoms with Gasteiger partial charge in [0.05, 0.1) is 0 Å². The Labute approximate surface area is 158 Å². The minimum absolute atomic E-state index is 0.114. The third-order valence-corrected chi connectivity index (χ3v) is 5.93. The number of hydrogen-bond donors (Lipinski definition) is 3. The van der Waals surface area contributed by atoms with Gasteiger partial charge in [-0.15, -0.1) is 0 Å². The summed E-state index contributed by atoms with van der Waals surface area (Å²) in [6.45, 7) is 1.04. The topological polar surface area (TPSA) is 105 Å². The summed E-state index contributed by atoms with van der Waals surface area (Å²) in [5.74, 6) is -0.753. The van der Waals surface area contributed by atoms with Crippen LogP contribution in [0.25, 0.3) is 0 Å². The smallest absolute Gasteiger partial charge is 0.255 e. The van der Waals surface area contributed by atoms with E-state index in [2.05, 4.69) is 10.6 Å². The molecule has 0 aromatic heterocycles. The summed E-state index contributed by atoms with van der Waals surface area (Å²) >= 11 is 0. The van der Waals surface area contributed by atoms with Gasteiger partial charge in [-0.05, 0) is 36.8 Å². The molecule has 4 rings (SSSR count). The van der Waals surface area contributed by atoms with Crippen molar-refractivity contribution < 1.29 is 14.4 Å². The van der Waals surface area contributed by atoms with Gasteiger partial charge in [0.25, 0.3) is 5.91 Å². The van der Waals surface area contributed by atoms with E-state index in [1.165, 1.54) is 0 Å². The monoisotopic (exact) mass is 370 g/mol. The summed E-state index contributed by atoms with van der Waals surface area (Å²) < 4.78 is 0. The van der Waals surface area contributed by atoms with E-state index in [4.69, 9.17) is 5.73 Å². The number of benzene rings is 1. The van der Waals surface area contributed by atoms with Crippen molar-refractivity contribution >= 4 is 17.7 Å². The van der Waals surface area contributed by atoms with Gasteiger partial charge in [-0.1, -0.05) is 24.6 Å². The Balaban J connectivity index is 1.48. The van der Waals surface area contributed by atoms with Crippen molar-refractivity contribution in [1.82, 2.24) is 15.5 Å². The molecule has 0 spiro atoms. The molecule has 0 radical (unpaired) electrons. The maximum atomic E-state index is 13.1. The average molecular weight is 370 g/mol. The fraction of sp³-hybridized carbons (Fsp3) is 0.550. The van der Waals surface area contributed by atoms with Gasteiger partial charge in [-0.3, -0.25) is 19.7 Å². The molecule has 1 saturated heterocycles. The zero-order valence-electron chi connectivity index (χ0n) is 15.4. The summed E-state index contributed by atoms with van der Waals surface area (Å²) in [4.78, 5) is 38.2. The van der Waals surface area contributed by atoms with Crippen molar-refractivity contribution in [3.63, 3.8) is 0 Å². The van der Waals surface area contributed by atoms with Crippen LogP contribution < -0.4 is 16.4 Å². The predicted molar refractivity (Wildman–Crippen MR) is 99.6 cm³/mol. The van der Waals surface area contributed by atoms with Crippen LogP contribution in [0, 0.1) is 0 Å². The normalized spacial score (nSPS) is 28.3. The number of nitrogens with one attached hydrogen (secondary N) is 2. The quantitative estimate of drug-likeness (QED) is 0.680. The lowest BCUT2D eigenvalue weighted by Crippen LogP contribution is -2.52. The zero-order chi connectivity index (χ0) is 19.0. The molecule has 0 bridgehead atoms. The van der Waals surface area contributed by atoms with Gasteiger partial charge in [0.2, 0.25) is 11.8 Å². The van der Waals surface area contributed by atoms with Crippen LogP contribution >= 0.6 is 0 Å². The molecule has 7 heteroatoms. The lowest BCUT2D eigenvalue weighted by Gasteiger charge is -2.29. The summed E-state index contributed by atoms with van der Waals surface area (Å²) in [6, 6.07) is 5.94. The molecule has 1 aliphatic carbocycles. The molecule has 7 nitrogen and oxygen atoms in total. The fourth-order valence-corrected chi connectivity index (χ4v) is 4.50. The zero-order valence-corrected chi connectivity index (χ0v) is 15.4. The van der Waals surface area contributed by atoms with E-state index in [1.54, 1.807) is 4.90 Å². The molecule has 3 atom stereocenters. The molecule has 2 fully saturated rings. The lowest BCUT2D eigenvalue weighted by atomic mass is 9.91. The standard InChI is InChI=1S/C20H26N4O3/c21-14-5-2-6-15(9-14)22-10-12-3-1-4-13-11-24(20(27)18(12)13)16-7-8-17(25)23-19(16)26/h1,3-4,14-16,22H,2,5-11,21H2,(H,23,25,26)/t14-,15-,16?/m1/s1. The van der Waals surface area contributed by atoms with E-state index >= 15 is 0 Å². The number of fused-ring (bicyclic) bond motifs is 1. The average Bonchev–Trinajstić information content (AvgIpc) is 2.97. The second kappa shape index (κ2) is 7.40. The second-order valence-corrected chi connectivity index (χ2v) is 7.86. The van der Waals surface area contributed by atoms with Crippen LogP contribution in [0.1, 0.15) is 60.0 Å². The molecule has 2 aliphatic heterocycles. The lowest BCUT2D eigenvalue weighted by molar-refractivity contribution is -0.136. The highest BCUT2D eigenvalue weighted by atomic mass is 16.2. The number of amides is 3. The van der Waals surface area contributed by atoms with Gasteiger partial charge in [-0.2, -0.15) is 0 Å². The second-order valence-electron chi connectivity index (χ2n) is 7.86. The Morgan fingerprint density at radius 1 is 1.19 bits per heavy atom. The van der Waals surface area contributed by atoms with Crippen LogP contribution in [0.5, 0.6) is 0 Å². The number of rotatable bonds is 4. The van der Waals surface area contributed by atoms with Crippen LogP contribution in [0.15, 0.2) is 18.2 Å².